The van der Waals surface area contributed by atoms with Crippen LogP contribution in [0.5, 0.6) is 0 Å². The highest BCUT2D eigenvalue weighted by Gasteiger charge is 2.41. The smallest absolute Gasteiger partial charge is 0.160 e. The molecule has 4 nitrogen and oxygen atoms in total. The lowest BCUT2D eigenvalue weighted by Crippen LogP contribution is -2.35. The third-order valence-corrected chi connectivity index (χ3v) is 5.56. The number of nitrogens with one attached hydrogen (secondary N) is 1. The zero-order valence-electron chi connectivity index (χ0n) is 13.1. The maximum atomic E-state index is 5.98. The van der Waals surface area contributed by atoms with Gasteiger partial charge in [0.15, 0.2) is 5.82 Å². The van der Waals surface area contributed by atoms with Gasteiger partial charge in [0.1, 0.15) is 5.60 Å². The van der Waals surface area contributed by atoms with Crippen molar-refractivity contribution in [2.75, 3.05) is 7.11 Å². The first-order valence-corrected chi connectivity index (χ1v) is 8.38. The molecule has 1 aromatic rings. The standard InChI is InChI=1S/C17H25N3O/c1-11-5-7-17(21-2,8-6-11)16-19-14-10-18-9-13(14)15(20-16)12-3-4-12/h11-12,18H,3-10H2,1-2H3. The van der Waals surface area contributed by atoms with E-state index in [0.29, 0.717) is 5.92 Å². The number of fused-ring (bicyclic) bond motifs is 1. The Labute approximate surface area is 126 Å². The molecule has 0 bridgehead atoms. The summed E-state index contributed by atoms with van der Waals surface area (Å²) in [7, 11) is 1.83. The molecule has 0 atom stereocenters. The van der Waals surface area contributed by atoms with Crippen molar-refractivity contribution >= 4 is 0 Å². The number of aromatic nitrogens is 2. The van der Waals surface area contributed by atoms with Crippen LogP contribution in [0, 0.1) is 5.92 Å². The molecule has 0 saturated heterocycles. The van der Waals surface area contributed by atoms with E-state index in [1.54, 1.807) is 0 Å². The van der Waals surface area contributed by atoms with Gasteiger partial charge in [-0.1, -0.05) is 6.92 Å². The molecule has 0 spiro atoms. The summed E-state index contributed by atoms with van der Waals surface area (Å²) in [6.07, 6.45) is 7.12. The molecule has 2 fully saturated rings. The van der Waals surface area contributed by atoms with Crippen LogP contribution in [-0.2, 0) is 23.4 Å². The number of ether oxygens (including phenoxy) is 1. The van der Waals surface area contributed by atoms with Crippen LogP contribution in [0.4, 0.5) is 0 Å². The first-order valence-electron chi connectivity index (χ1n) is 8.38. The molecule has 4 rings (SSSR count). The SMILES string of the molecule is COC1(c2nc3c(c(C4CC4)n2)CNC3)CCC(C)CC1. The molecule has 114 valence electrons. The van der Waals surface area contributed by atoms with Crippen LogP contribution in [0.15, 0.2) is 0 Å². The quantitative estimate of drug-likeness (QED) is 0.928. The van der Waals surface area contributed by atoms with E-state index in [0.717, 1.165) is 37.7 Å². The second-order valence-electron chi connectivity index (χ2n) is 7.12. The maximum Gasteiger partial charge on any atom is 0.160 e. The average molecular weight is 287 g/mol. The highest BCUT2D eigenvalue weighted by molar-refractivity contribution is 5.34. The minimum absolute atomic E-state index is 0.242. The molecule has 0 unspecified atom stereocenters. The van der Waals surface area contributed by atoms with Crippen LogP contribution in [0.25, 0.3) is 0 Å². The fraction of sp³-hybridized carbons (Fsp3) is 0.765. The Hall–Kier alpha value is -1.00. The lowest BCUT2D eigenvalue weighted by molar-refractivity contribution is -0.0600. The van der Waals surface area contributed by atoms with E-state index in [1.807, 2.05) is 7.11 Å². The first-order chi connectivity index (χ1) is 10.2. The Balaban J connectivity index is 1.75. The van der Waals surface area contributed by atoms with Gasteiger partial charge in [-0.2, -0.15) is 0 Å². The predicted molar refractivity (Wildman–Crippen MR) is 80.9 cm³/mol. The van der Waals surface area contributed by atoms with Gasteiger partial charge in [0.2, 0.25) is 0 Å². The molecule has 2 heterocycles. The van der Waals surface area contributed by atoms with Gasteiger partial charge in [0.25, 0.3) is 0 Å². The predicted octanol–water partition coefficient (Wildman–Crippen LogP) is 3.01. The van der Waals surface area contributed by atoms with Crippen molar-refractivity contribution in [1.82, 2.24) is 15.3 Å². The van der Waals surface area contributed by atoms with Crippen LogP contribution < -0.4 is 5.32 Å². The second-order valence-corrected chi connectivity index (χ2v) is 7.12. The molecule has 0 amide bonds. The Morgan fingerprint density at radius 2 is 1.86 bits per heavy atom. The molecular formula is C17H25N3O. The van der Waals surface area contributed by atoms with Gasteiger partial charge in [0.05, 0.1) is 11.4 Å². The third kappa shape index (κ3) is 2.29. The summed E-state index contributed by atoms with van der Waals surface area (Å²) in [6, 6.07) is 0. The van der Waals surface area contributed by atoms with Gasteiger partial charge < -0.3 is 10.1 Å². The Morgan fingerprint density at radius 3 is 2.52 bits per heavy atom. The lowest BCUT2D eigenvalue weighted by Gasteiger charge is -2.37. The maximum absolute atomic E-state index is 5.98. The largest absolute Gasteiger partial charge is 0.370 e. The van der Waals surface area contributed by atoms with Gasteiger partial charge in [0, 0.05) is 31.7 Å². The molecule has 0 aromatic carbocycles. The van der Waals surface area contributed by atoms with Crippen LogP contribution in [0.1, 0.15) is 74.1 Å². The summed E-state index contributed by atoms with van der Waals surface area (Å²) < 4.78 is 5.98. The van der Waals surface area contributed by atoms with E-state index in [1.165, 1.54) is 42.6 Å². The van der Waals surface area contributed by atoms with E-state index in [4.69, 9.17) is 14.7 Å². The first kappa shape index (κ1) is 13.6. The van der Waals surface area contributed by atoms with Crippen LogP contribution in [0.2, 0.25) is 0 Å². The van der Waals surface area contributed by atoms with E-state index in [-0.39, 0.29) is 5.60 Å². The summed E-state index contributed by atoms with van der Waals surface area (Å²) in [5.41, 5.74) is 3.66. The molecule has 2 aliphatic carbocycles. The molecule has 4 heteroatoms. The molecule has 3 aliphatic rings. The molecule has 2 saturated carbocycles. The van der Waals surface area contributed by atoms with Gasteiger partial charge >= 0.3 is 0 Å². The summed E-state index contributed by atoms with van der Waals surface area (Å²) in [4.78, 5) is 9.94. The van der Waals surface area contributed by atoms with Gasteiger partial charge in [-0.05, 0) is 44.4 Å². The van der Waals surface area contributed by atoms with Crippen LogP contribution in [0.3, 0.4) is 0 Å². The van der Waals surface area contributed by atoms with E-state index in [9.17, 15) is 0 Å². The van der Waals surface area contributed by atoms with Crippen LogP contribution >= 0.6 is 0 Å². The summed E-state index contributed by atoms with van der Waals surface area (Å²) in [5.74, 6) is 2.44. The molecule has 1 aliphatic heterocycles. The monoisotopic (exact) mass is 287 g/mol. The van der Waals surface area contributed by atoms with Crippen molar-refractivity contribution in [3.8, 4) is 0 Å². The van der Waals surface area contributed by atoms with E-state index >= 15 is 0 Å². The Morgan fingerprint density at radius 1 is 1.10 bits per heavy atom. The summed E-state index contributed by atoms with van der Waals surface area (Å²) in [5, 5.41) is 3.44. The normalized spacial score (nSPS) is 32.2. The number of rotatable bonds is 3. The molecule has 0 radical (unpaired) electrons. The average Bonchev–Trinajstić information content (AvgIpc) is 3.25. The van der Waals surface area contributed by atoms with Gasteiger partial charge in [-0.15, -0.1) is 0 Å². The van der Waals surface area contributed by atoms with Crippen molar-refractivity contribution in [3.05, 3.63) is 22.8 Å². The number of hydrogen-bond acceptors (Lipinski definition) is 4. The topological polar surface area (TPSA) is 47.0 Å². The van der Waals surface area contributed by atoms with Crippen LogP contribution in [-0.4, -0.2) is 17.1 Å². The van der Waals surface area contributed by atoms with Crippen molar-refractivity contribution in [3.63, 3.8) is 0 Å². The Kier molecular flexibility index (Phi) is 3.27. The van der Waals surface area contributed by atoms with E-state index in [2.05, 4.69) is 12.2 Å². The van der Waals surface area contributed by atoms with Crippen molar-refractivity contribution in [2.45, 2.75) is 70.1 Å². The van der Waals surface area contributed by atoms with Crippen molar-refractivity contribution in [1.29, 1.82) is 0 Å². The minimum atomic E-state index is -0.242. The van der Waals surface area contributed by atoms with Gasteiger partial charge in [-0.3, -0.25) is 0 Å². The highest BCUT2D eigenvalue weighted by Crippen LogP contribution is 2.45. The molecule has 1 aromatic heterocycles. The van der Waals surface area contributed by atoms with Gasteiger partial charge in [-0.25, -0.2) is 9.97 Å². The second kappa shape index (κ2) is 5.03. The number of nitrogens with zero attached hydrogens (tertiary/aromatic N) is 2. The summed E-state index contributed by atoms with van der Waals surface area (Å²) in [6.45, 7) is 4.17. The fourth-order valence-corrected chi connectivity index (χ4v) is 3.84. The zero-order valence-corrected chi connectivity index (χ0v) is 13.1. The van der Waals surface area contributed by atoms with E-state index < -0.39 is 0 Å². The van der Waals surface area contributed by atoms with Crippen molar-refractivity contribution < 1.29 is 4.74 Å². The Bertz CT molecular complexity index is 545. The number of methoxy groups -OCH3 is 1. The molecule has 1 N–H and O–H groups in total. The third-order valence-electron chi connectivity index (χ3n) is 5.56. The highest BCUT2D eigenvalue weighted by atomic mass is 16.5. The summed E-state index contributed by atoms with van der Waals surface area (Å²) >= 11 is 0. The number of hydrogen-bond donors (Lipinski definition) is 1. The fourth-order valence-electron chi connectivity index (χ4n) is 3.84. The molecule has 21 heavy (non-hydrogen) atoms. The zero-order chi connectivity index (χ0) is 14.4. The molecular weight excluding hydrogens is 262 g/mol. The minimum Gasteiger partial charge on any atom is -0.370 e. The lowest BCUT2D eigenvalue weighted by atomic mass is 9.78. The van der Waals surface area contributed by atoms with Crippen molar-refractivity contribution in [2.24, 2.45) is 5.92 Å².